The summed E-state index contributed by atoms with van der Waals surface area (Å²) < 4.78 is 11.5. The quantitative estimate of drug-likeness (QED) is 0.781. The van der Waals surface area contributed by atoms with Crippen molar-refractivity contribution in [3.63, 3.8) is 0 Å². The van der Waals surface area contributed by atoms with Crippen LogP contribution >= 0.6 is 0 Å². The third kappa shape index (κ3) is 3.23. The van der Waals surface area contributed by atoms with E-state index in [-0.39, 0.29) is 0 Å². The number of carbonyl (C=O) groups excluding carboxylic acids is 1. The predicted octanol–water partition coefficient (Wildman–Crippen LogP) is 3.58. The number of nitrogens with zero attached hydrogens (tertiary/aromatic N) is 1. The number of oxazole rings is 1. The lowest BCUT2D eigenvalue weighted by Gasteiger charge is -2.13. The Labute approximate surface area is 133 Å². The van der Waals surface area contributed by atoms with E-state index in [1.54, 1.807) is 37.4 Å². The van der Waals surface area contributed by atoms with Crippen LogP contribution in [0.3, 0.4) is 0 Å². The fourth-order valence-corrected chi connectivity index (χ4v) is 2.23. The van der Waals surface area contributed by atoms with E-state index < -0.39 is 12.0 Å². The smallest absolute Gasteiger partial charge is 0.252 e. The van der Waals surface area contributed by atoms with Gasteiger partial charge in [-0.05, 0) is 19.1 Å². The number of ether oxygens (including phenoxy) is 1. The topological polar surface area (TPSA) is 78.4 Å². The molecular formula is C18H16N2O3. The van der Waals surface area contributed by atoms with E-state index >= 15 is 0 Å². The van der Waals surface area contributed by atoms with Gasteiger partial charge >= 0.3 is 0 Å². The Morgan fingerprint density at radius 3 is 2.57 bits per heavy atom. The molecule has 0 fully saturated rings. The first-order valence-corrected chi connectivity index (χ1v) is 7.22. The first kappa shape index (κ1) is 14.8. The molecule has 0 saturated carbocycles. The summed E-state index contributed by atoms with van der Waals surface area (Å²) >= 11 is 0. The lowest BCUT2D eigenvalue weighted by molar-refractivity contribution is 0.0991. The zero-order valence-corrected chi connectivity index (χ0v) is 12.6. The van der Waals surface area contributed by atoms with Gasteiger partial charge < -0.3 is 14.9 Å². The molecule has 1 heterocycles. The number of amides is 1. The summed E-state index contributed by atoms with van der Waals surface area (Å²) in [5, 5.41) is 0. The number of hydrogen-bond donors (Lipinski definition) is 1. The fourth-order valence-electron chi connectivity index (χ4n) is 2.23. The van der Waals surface area contributed by atoms with Crippen molar-refractivity contribution in [2.45, 2.75) is 13.0 Å². The Hall–Kier alpha value is -3.08. The normalized spacial score (nSPS) is 11.9. The van der Waals surface area contributed by atoms with E-state index in [2.05, 4.69) is 4.98 Å². The Morgan fingerprint density at radius 1 is 1.13 bits per heavy atom. The molecule has 3 rings (SSSR count). The number of para-hydroxylation sites is 1. The molecule has 2 aromatic carbocycles. The van der Waals surface area contributed by atoms with Crippen LogP contribution < -0.4 is 10.5 Å². The van der Waals surface area contributed by atoms with E-state index in [0.29, 0.717) is 23.0 Å². The summed E-state index contributed by atoms with van der Waals surface area (Å²) in [6, 6.07) is 16.5. The van der Waals surface area contributed by atoms with Gasteiger partial charge in [-0.3, -0.25) is 4.79 Å². The molecular weight excluding hydrogens is 292 g/mol. The summed E-state index contributed by atoms with van der Waals surface area (Å²) in [4.78, 5) is 15.7. The van der Waals surface area contributed by atoms with Gasteiger partial charge in [0.1, 0.15) is 5.75 Å². The number of carbonyl (C=O) groups is 1. The van der Waals surface area contributed by atoms with Crippen LogP contribution in [0.1, 0.15) is 29.3 Å². The number of benzene rings is 2. The van der Waals surface area contributed by atoms with Crippen molar-refractivity contribution in [1.29, 1.82) is 0 Å². The molecule has 2 N–H and O–H groups in total. The Morgan fingerprint density at radius 2 is 1.83 bits per heavy atom. The molecule has 5 heteroatoms. The van der Waals surface area contributed by atoms with Crippen LogP contribution in [0.25, 0.3) is 11.3 Å². The minimum atomic E-state index is -0.537. The van der Waals surface area contributed by atoms with Gasteiger partial charge in [-0.15, -0.1) is 0 Å². The Bertz CT molecular complexity index is 812. The first-order valence-electron chi connectivity index (χ1n) is 7.22. The standard InChI is InChI=1S/C18H16N2O3/c1-12(22-15-10-6-5-9-14(15)17(19)21)18-20-11-16(23-18)13-7-3-2-4-8-13/h2-12H,1H3,(H2,19,21)/t12-/m1/s1. The van der Waals surface area contributed by atoms with E-state index in [1.807, 2.05) is 30.3 Å². The van der Waals surface area contributed by atoms with Crippen LogP contribution in [0, 0.1) is 0 Å². The molecule has 1 atom stereocenters. The lowest BCUT2D eigenvalue weighted by atomic mass is 10.2. The van der Waals surface area contributed by atoms with Crippen LogP contribution in [0.15, 0.2) is 65.2 Å². The maximum Gasteiger partial charge on any atom is 0.252 e. The van der Waals surface area contributed by atoms with Gasteiger partial charge in [0.25, 0.3) is 5.91 Å². The highest BCUT2D eigenvalue weighted by Gasteiger charge is 2.17. The minimum Gasteiger partial charge on any atom is -0.480 e. The molecule has 5 nitrogen and oxygen atoms in total. The SMILES string of the molecule is C[C@@H](Oc1ccccc1C(N)=O)c1ncc(-c2ccccc2)o1. The maximum atomic E-state index is 11.4. The third-order valence-electron chi connectivity index (χ3n) is 3.39. The van der Waals surface area contributed by atoms with Crippen LogP contribution in [0.5, 0.6) is 5.75 Å². The van der Waals surface area contributed by atoms with Gasteiger partial charge in [0.2, 0.25) is 5.89 Å². The zero-order valence-electron chi connectivity index (χ0n) is 12.6. The van der Waals surface area contributed by atoms with E-state index in [4.69, 9.17) is 14.9 Å². The summed E-state index contributed by atoms with van der Waals surface area (Å²) in [6.07, 6.45) is 1.21. The van der Waals surface area contributed by atoms with Crippen LogP contribution in [-0.2, 0) is 0 Å². The molecule has 0 aliphatic carbocycles. The second kappa shape index (κ2) is 6.36. The first-order chi connectivity index (χ1) is 11.1. The van der Waals surface area contributed by atoms with Crippen molar-refractivity contribution in [3.05, 3.63) is 72.2 Å². The number of primary amides is 1. The van der Waals surface area contributed by atoms with E-state index in [1.165, 1.54) is 0 Å². The van der Waals surface area contributed by atoms with E-state index in [9.17, 15) is 4.79 Å². The molecule has 0 bridgehead atoms. The van der Waals surface area contributed by atoms with Gasteiger partial charge in [-0.1, -0.05) is 42.5 Å². The summed E-state index contributed by atoms with van der Waals surface area (Å²) in [6.45, 7) is 1.80. The van der Waals surface area contributed by atoms with Crippen LogP contribution in [0.2, 0.25) is 0 Å². The Balaban J connectivity index is 1.81. The monoisotopic (exact) mass is 308 g/mol. The molecule has 0 aliphatic rings. The minimum absolute atomic E-state index is 0.328. The van der Waals surface area contributed by atoms with Gasteiger partial charge in [-0.25, -0.2) is 4.98 Å². The average molecular weight is 308 g/mol. The molecule has 3 aromatic rings. The molecule has 0 radical (unpaired) electrons. The van der Waals surface area contributed by atoms with Crippen molar-refractivity contribution in [2.24, 2.45) is 5.73 Å². The lowest BCUT2D eigenvalue weighted by Crippen LogP contribution is -2.14. The highest BCUT2D eigenvalue weighted by molar-refractivity contribution is 5.95. The molecule has 1 amide bonds. The van der Waals surface area contributed by atoms with Gasteiger partial charge in [-0.2, -0.15) is 0 Å². The van der Waals surface area contributed by atoms with E-state index in [0.717, 1.165) is 5.56 Å². The van der Waals surface area contributed by atoms with Gasteiger partial charge in [0.15, 0.2) is 11.9 Å². The molecule has 1 aromatic heterocycles. The third-order valence-corrected chi connectivity index (χ3v) is 3.39. The number of hydrogen-bond acceptors (Lipinski definition) is 4. The summed E-state index contributed by atoms with van der Waals surface area (Å²) in [7, 11) is 0. The number of rotatable bonds is 5. The predicted molar refractivity (Wildman–Crippen MR) is 85.9 cm³/mol. The maximum absolute atomic E-state index is 11.4. The molecule has 0 aliphatic heterocycles. The van der Waals surface area contributed by atoms with Gasteiger partial charge in [0.05, 0.1) is 11.8 Å². The van der Waals surface area contributed by atoms with Crippen molar-refractivity contribution >= 4 is 5.91 Å². The largest absolute Gasteiger partial charge is 0.480 e. The second-order valence-corrected chi connectivity index (χ2v) is 5.05. The molecule has 0 spiro atoms. The Kier molecular flexibility index (Phi) is 4.10. The molecule has 23 heavy (non-hydrogen) atoms. The zero-order chi connectivity index (χ0) is 16.2. The van der Waals surface area contributed by atoms with Crippen molar-refractivity contribution in [2.75, 3.05) is 0 Å². The van der Waals surface area contributed by atoms with Crippen molar-refractivity contribution in [3.8, 4) is 17.1 Å². The summed E-state index contributed by atoms with van der Waals surface area (Å²) in [5.74, 6) is 0.972. The van der Waals surface area contributed by atoms with Crippen LogP contribution in [0.4, 0.5) is 0 Å². The highest BCUT2D eigenvalue weighted by Crippen LogP contribution is 2.27. The summed E-state index contributed by atoms with van der Waals surface area (Å²) in [5.41, 5.74) is 6.62. The fraction of sp³-hybridized carbons (Fsp3) is 0.111. The van der Waals surface area contributed by atoms with Crippen molar-refractivity contribution < 1.29 is 13.9 Å². The van der Waals surface area contributed by atoms with Crippen molar-refractivity contribution in [1.82, 2.24) is 4.98 Å². The van der Waals surface area contributed by atoms with Crippen LogP contribution in [-0.4, -0.2) is 10.9 Å². The molecule has 116 valence electrons. The molecule has 0 unspecified atom stereocenters. The second-order valence-electron chi connectivity index (χ2n) is 5.05. The number of aromatic nitrogens is 1. The molecule has 0 saturated heterocycles. The average Bonchev–Trinajstić information content (AvgIpc) is 3.06. The van der Waals surface area contributed by atoms with Gasteiger partial charge in [0, 0.05) is 5.56 Å². The highest BCUT2D eigenvalue weighted by atomic mass is 16.5. The number of nitrogens with two attached hydrogens (primary N) is 1.